The van der Waals surface area contributed by atoms with Gasteiger partial charge in [-0.1, -0.05) is 37.3 Å². The molecule has 0 N–H and O–H groups in total. The van der Waals surface area contributed by atoms with E-state index in [0.29, 0.717) is 29.0 Å². The third kappa shape index (κ3) is 3.24. The van der Waals surface area contributed by atoms with Crippen LogP contribution >= 0.6 is 0 Å². The first kappa shape index (κ1) is 20.0. The van der Waals surface area contributed by atoms with Crippen molar-refractivity contribution in [3.05, 3.63) is 99.5 Å². The van der Waals surface area contributed by atoms with E-state index >= 15 is 0 Å². The minimum atomic E-state index is -0.645. The van der Waals surface area contributed by atoms with E-state index in [1.807, 2.05) is 50.2 Å². The SMILES string of the molecule is CCCOc1ccc(C2c3c(oc4ccccc4c3=O)C(=O)N2c2cccc(C)n2)cc1. The van der Waals surface area contributed by atoms with Crippen molar-refractivity contribution in [2.45, 2.75) is 26.3 Å². The molecule has 4 aromatic rings. The lowest BCUT2D eigenvalue weighted by molar-refractivity contribution is 0.0970. The van der Waals surface area contributed by atoms with E-state index in [2.05, 4.69) is 4.98 Å². The molecule has 1 amide bonds. The maximum Gasteiger partial charge on any atom is 0.296 e. The number of ether oxygens (including phenoxy) is 1. The van der Waals surface area contributed by atoms with Crippen molar-refractivity contribution in [3.63, 3.8) is 0 Å². The van der Waals surface area contributed by atoms with Crippen molar-refractivity contribution in [1.82, 2.24) is 4.98 Å². The normalized spacial score (nSPS) is 15.2. The lowest BCUT2D eigenvalue weighted by Gasteiger charge is -2.24. The second-order valence-corrected chi connectivity index (χ2v) is 7.80. The lowest BCUT2D eigenvalue weighted by Crippen LogP contribution is -2.30. The fourth-order valence-corrected chi connectivity index (χ4v) is 4.10. The van der Waals surface area contributed by atoms with Gasteiger partial charge in [0.2, 0.25) is 5.76 Å². The van der Waals surface area contributed by atoms with Crippen LogP contribution in [0.25, 0.3) is 11.0 Å². The number of hydrogen-bond acceptors (Lipinski definition) is 5. The molecule has 0 saturated carbocycles. The molecule has 5 rings (SSSR count). The molecule has 6 nitrogen and oxygen atoms in total. The Labute approximate surface area is 185 Å². The highest BCUT2D eigenvalue weighted by Crippen LogP contribution is 2.40. The van der Waals surface area contributed by atoms with Gasteiger partial charge < -0.3 is 9.15 Å². The first-order valence-electron chi connectivity index (χ1n) is 10.6. The maximum atomic E-state index is 13.5. The molecular weight excluding hydrogens is 404 g/mol. The molecule has 32 heavy (non-hydrogen) atoms. The number of aryl methyl sites for hydroxylation is 1. The van der Waals surface area contributed by atoms with Crippen molar-refractivity contribution in [2.75, 3.05) is 11.5 Å². The summed E-state index contributed by atoms with van der Waals surface area (Å²) in [6.07, 6.45) is 0.910. The van der Waals surface area contributed by atoms with Crippen molar-refractivity contribution in [2.24, 2.45) is 0 Å². The second-order valence-electron chi connectivity index (χ2n) is 7.80. The summed E-state index contributed by atoms with van der Waals surface area (Å²) in [4.78, 5) is 33.1. The minimum absolute atomic E-state index is 0.0633. The highest BCUT2D eigenvalue weighted by atomic mass is 16.5. The number of anilines is 1. The average Bonchev–Trinajstić information content (AvgIpc) is 3.11. The van der Waals surface area contributed by atoms with Crippen LogP contribution in [0.4, 0.5) is 5.82 Å². The molecule has 3 heterocycles. The molecule has 1 aliphatic heterocycles. The van der Waals surface area contributed by atoms with Crippen LogP contribution < -0.4 is 15.1 Å². The van der Waals surface area contributed by atoms with Crippen LogP contribution in [0.3, 0.4) is 0 Å². The van der Waals surface area contributed by atoms with Gasteiger partial charge >= 0.3 is 0 Å². The maximum absolute atomic E-state index is 13.5. The van der Waals surface area contributed by atoms with Gasteiger partial charge in [0.25, 0.3) is 5.91 Å². The van der Waals surface area contributed by atoms with Crippen molar-refractivity contribution in [1.29, 1.82) is 0 Å². The Bertz CT molecular complexity index is 1370. The smallest absolute Gasteiger partial charge is 0.296 e. The number of para-hydroxylation sites is 1. The number of nitrogens with zero attached hydrogens (tertiary/aromatic N) is 2. The second kappa shape index (κ2) is 7.96. The summed E-state index contributed by atoms with van der Waals surface area (Å²) in [6, 6.07) is 19.3. The number of carbonyl (C=O) groups is 1. The Hall–Kier alpha value is -3.93. The molecule has 1 atom stereocenters. The summed E-state index contributed by atoms with van der Waals surface area (Å²) in [5, 5.41) is 0.450. The molecule has 0 aliphatic carbocycles. The summed E-state index contributed by atoms with van der Waals surface area (Å²) in [6.45, 7) is 4.54. The number of pyridine rings is 1. The van der Waals surface area contributed by atoms with Crippen LogP contribution in [0, 0.1) is 6.92 Å². The van der Waals surface area contributed by atoms with Crippen molar-refractivity contribution >= 4 is 22.7 Å². The lowest BCUT2D eigenvalue weighted by atomic mass is 9.98. The zero-order valence-corrected chi connectivity index (χ0v) is 17.9. The van der Waals surface area contributed by atoms with Gasteiger partial charge in [-0.2, -0.15) is 0 Å². The summed E-state index contributed by atoms with van der Waals surface area (Å²) >= 11 is 0. The number of amides is 1. The predicted octanol–water partition coefficient (Wildman–Crippen LogP) is 5.04. The summed E-state index contributed by atoms with van der Waals surface area (Å²) < 4.78 is 11.7. The third-order valence-corrected chi connectivity index (χ3v) is 5.57. The predicted molar refractivity (Wildman–Crippen MR) is 122 cm³/mol. The standard InChI is InChI=1S/C26H22N2O4/c1-3-15-31-18-13-11-17(12-14-18)23-22-24(29)19-8-4-5-9-20(19)32-25(22)26(30)28(23)21-10-6-7-16(2)27-21/h4-14,23H,3,15H2,1-2H3. The van der Waals surface area contributed by atoms with E-state index < -0.39 is 6.04 Å². The molecule has 0 spiro atoms. The summed E-state index contributed by atoms with van der Waals surface area (Å²) in [7, 11) is 0. The molecule has 1 unspecified atom stereocenters. The largest absolute Gasteiger partial charge is 0.494 e. The monoisotopic (exact) mass is 426 g/mol. The first-order valence-corrected chi connectivity index (χ1v) is 10.6. The zero-order chi connectivity index (χ0) is 22.2. The highest BCUT2D eigenvalue weighted by molar-refractivity contribution is 6.10. The quantitative estimate of drug-likeness (QED) is 0.447. The molecular formula is C26H22N2O4. The summed E-state index contributed by atoms with van der Waals surface area (Å²) in [5.74, 6) is 0.901. The topological polar surface area (TPSA) is 72.6 Å². The van der Waals surface area contributed by atoms with Crippen LogP contribution in [0.5, 0.6) is 5.75 Å². The Kier molecular flexibility index (Phi) is 4.98. The Balaban J connectivity index is 1.72. The molecule has 0 fully saturated rings. The number of fused-ring (bicyclic) bond motifs is 2. The highest BCUT2D eigenvalue weighted by Gasteiger charge is 2.44. The summed E-state index contributed by atoms with van der Waals surface area (Å²) in [5.41, 5.74) is 2.08. The van der Waals surface area contributed by atoms with E-state index in [-0.39, 0.29) is 17.1 Å². The number of benzene rings is 2. The third-order valence-electron chi connectivity index (χ3n) is 5.57. The van der Waals surface area contributed by atoms with Gasteiger partial charge in [-0.15, -0.1) is 0 Å². The fraction of sp³-hybridized carbons (Fsp3) is 0.192. The Morgan fingerprint density at radius 3 is 2.53 bits per heavy atom. The molecule has 2 aromatic carbocycles. The van der Waals surface area contributed by atoms with Gasteiger partial charge in [0, 0.05) is 5.69 Å². The van der Waals surface area contributed by atoms with Gasteiger partial charge in [-0.3, -0.25) is 14.5 Å². The average molecular weight is 426 g/mol. The molecule has 6 heteroatoms. The Morgan fingerprint density at radius 1 is 1.00 bits per heavy atom. The molecule has 2 aromatic heterocycles. The molecule has 1 aliphatic rings. The van der Waals surface area contributed by atoms with Crippen LogP contribution in [-0.2, 0) is 0 Å². The van der Waals surface area contributed by atoms with Crippen molar-refractivity contribution in [3.8, 4) is 5.75 Å². The van der Waals surface area contributed by atoms with E-state index in [0.717, 1.165) is 23.4 Å². The number of aromatic nitrogens is 1. The van der Waals surface area contributed by atoms with E-state index in [1.54, 1.807) is 35.2 Å². The van der Waals surface area contributed by atoms with Crippen LogP contribution in [0.15, 0.2) is 75.9 Å². The molecule has 0 bridgehead atoms. The number of rotatable bonds is 5. The van der Waals surface area contributed by atoms with Gasteiger partial charge in [-0.05, 0) is 55.3 Å². The van der Waals surface area contributed by atoms with Gasteiger partial charge in [0.15, 0.2) is 5.43 Å². The first-order chi connectivity index (χ1) is 15.6. The van der Waals surface area contributed by atoms with Crippen LogP contribution in [0.1, 0.15) is 46.8 Å². The fourth-order valence-electron chi connectivity index (χ4n) is 4.10. The van der Waals surface area contributed by atoms with E-state index in [9.17, 15) is 9.59 Å². The minimum Gasteiger partial charge on any atom is -0.494 e. The number of hydrogen-bond donors (Lipinski definition) is 0. The van der Waals surface area contributed by atoms with Gasteiger partial charge in [0.05, 0.1) is 23.6 Å². The van der Waals surface area contributed by atoms with E-state index in [1.165, 1.54) is 0 Å². The zero-order valence-electron chi connectivity index (χ0n) is 17.9. The molecule has 160 valence electrons. The van der Waals surface area contributed by atoms with E-state index in [4.69, 9.17) is 9.15 Å². The molecule has 0 saturated heterocycles. The van der Waals surface area contributed by atoms with Crippen LogP contribution in [0.2, 0.25) is 0 Å². The number of carbonyl (C=O) groups excluding carboxylic acids is 1. The van der Waals surface area contributed by atoms with Crippen molar-refractivity contribution < 1.29 is 13.9 Å². The Morgan fingerprint density at radius 2 is 1.78 bits per heavy atom. The van der Waals surface area contributed by atoms with Gasteiger partial charge in [-0.25, -0.2) is 4.98 Å². The molecule has 0 radical (unpaired) electrons. The van der Waals surface area contributed by atoms with Gasteiger partial charge in [0.1, 0.15) is 17.2 Å². The van der Waals surface area contributed by atoms with Crippen LogP contribution in [-0.4, -0.2) is 17.5 Å².